The maximum atomic E-state index is 12.4. The quantitative estimate of drug-likeness (QED) is 0.671. The summed E-state index contributed by atoms with van der Waals surface area (Å²) in [4.78, 5) is 17.0. The fraction of sp³-hybridized carbons (Fsp3) is 0.263. The van der Waals surface area contributed by atoms with Gasteiger partial charge in [0.05, 0.1) is 17.0 Å². The smallest absolute Gasteiger partial charge is 0.253 e. The molecule has 0 spiro atoms. The van der Waals surface area contributed by atoms with Crippen molar-refractivity contribution >= 4 is 21.8 Å². The fourth-order valence-electron chi connectivity index (χ4n) is 2.73. The van der Waals surface area contributed by atoms with Gasteiger partial charge in [-0.1, -0.05) is 28.1 Å². The molecule has 0 aliphatic carbocycles. The molecule has 134 valence electrons. The molecule has 0 aliphatic heterocycles. The van der Waals surface area contributed by atoms with Crippen molar-refractivity contribution in [2.45, 2.75) is 26.8 Å². The average molecular weight is 414 g/mol. The highest BCUT2D eigenvalue weighted by molar-refractivity contribution is 9.10. The van der Waals surface area contributed by atoms with E-state index in [1.165, 1.54) is 0 Å². The lowest BCUT2D eigenvalue weighted by Crippen LogP contribution is -2.27. The number of aryl methyl sites for hydroxylation is 2. The molecule has 7 heteroatoms. The summed E-state index contributed by atoms with van der Waals surface area (Å²) >= 11 is 3.47. The summed E-state index contributed by atoms with van der Waals surface area (Å²) in [7, 11) is 0. The first kappa shape index (κ1) is 18.3. The van der Waals surface area contributed by atoms with Gasteiger partial charge in [-0.15, -0.1) is 10.2 Å². The van der Waals surface area contributed by atoms with Crippen molar-refractivity contribution in [3.8, 4) is 11.3 Å². The number of nitrogens with one attached hydrogen (secondary N) is 1. The molecule has 0 saturated heterocycles. The Balaban J connectivity index is 1.66. The van der Waals surface area contributed by atoms with E-state index in [2.05, 4.69) is 36.4 Å². The second kappa shape index (κ2) is 8.23. The summed E-state index contributed by atoms with van der Waals surface area (Å²) in [6, 6.07) is 11.6. The number of hydrogen-bond donors (Lipinski definition) is 1. The Morgan fingerprint density at radius 2 is 2.12 bits per heavy atom. The van der Waals surface area contributed by atoms with Crippen LogP contribution in [0.15, 0.2) is 47.2 Å². The van der Waals surface area contributed by atoms with Crippen LogP contribution in [0.25, 0.3) is 11.3 Å². The number of benzene rings is 1. The minimum Gasteiger partial charge on any atom is -0.352 e. The highest BCUT2D eigenvalue weighted by Crippen LogP contribution is 2.22. The van der Waals surface area contributed by atoms with Crippen LogP contribution >= 0.6 is 15.9 Å². The fourth-order valence-corrected chi connectivity index (χ4v) is 3.13. The van der Waals surface area contributed by atoms with E-state index in [9.17, 15) is 4.79 Å². The van der Waals surface area contributed by atoms with Gasteiger partial charge in [0.25, 0.3) is 5.91 Å². The van der Waals surface area contributed by atoms with Crippen molar-refractivity contribution in [3.63, 3.8) is 0 Å². The van der Waals surface area contributed by atoms with Crippen LogP contribution in [-0.2, 0) is 13.0 Å². The third-order valence-corrected chi connectivity index (χ3v) is 4.61. The van der Waals surface area contributed by atoms with Gasteiger partial charge in [0, 0.05) is 29.5 Å². The molecule has 1 N–H and O–H groups in total. The molecule has 3 aromatic rings. The van der Waals surface area contributed by atoms with Gasteiger partial charge in [-0.05, 0) is 38.1 Å². The van der Waals surface area contributed by atoms with Gasteiger partial charge in [-0.3, -0.25) is 9.78 Å². The second-order valence-corrected chi connectivity index (χ2v) is 6.79. The summed E-state index contributed by atoms with van der Waals surface area (Å²) in [6.45, 7) is 5.21. The number of amides is 1. The molecule has 0 aliphatic rings. The lowest BCUT2D eigenvalue weighted by atomic mass is 10.1. The summed E-state index contributed by atoms with van der Waals surface area (Å²) in [5, 5.41) is 10.9. The number of halogens is 1. The molecule has 0 unspecified atom stereocenters. The van der Waals surface area contributed by atoms with E-state index in [0.717, 1.165) is 28.1 Å². The first-order chi connectivity index (χ1) is 12.6. The summed E-state index contributed by atoms with van der Waals surface area (Å²) in [5.74, 6) is 0.742. The van der Waals surface area contributed by atoms with E-state index in [0.29, 0.717) is 24.2 Å². The highest BCUT2D eigenvalue weighted by Gasteiger charge is 2.12. The standard InChI is InChI=1S/C19H20BrN5O/c1-3-25-12-22-24-18(25)9-10-21-19(26)16-7-8-17(23-13(16)2)14-5-4-6-15(20)11-14/h4-8,11-12H,3,9-10H2,1-2H3,(H,21,26). The van der Waals surface area contributed by atoms with Crippen LogP contribution in [0.5, 0.6) is 0 Å². The number of rotatable bonds is 6. The molecular formula is C19H20BrN5O. The van der Waals surface area contributed by atoms with Crippen LogP contribution in [0, 0.1) is 6.92 Å². The van der Waals surface area contributed by atoms with Gasteiger partial charge in [0.2, 0.25) is 0 Å². The zero-order valence-electron chi connectivity index (χ0n) is 14.7. The van der Waals surface area contributed by atoms with Gasteiger partial charge in [0.15, 0.2) is 0 Å². The number of carbonyl (C=O) groups is 1. The molecule has 0 fully saturated rings. The number of nitrogens with zero attached hydrogens (tertiary/aromatic N) is 4. The number of hydrogen-bond acceptors (Lipinski definition) is 4. The maximum absolute atomic E-state index is 12.4. The van der Waals surface area contributed by atoms with Crippen molar-refractivity contribution in [2.24, 2.45) is 0 Å². The Labute approximate surface area is 160 Å². The predicted octanol–water partition coefficient (Wildman–Crippen LogP) is 3.40. The molecule has 0 atom stereocenters. The Morgan fingerprint density at radius 1 is 1.27 bits per heavy atom. The number of carbonyl (C=O) groups excluding carboxylic acids is 1. The predicted molar refractivity (Wildman–Crippen MR) is 104 cm³/mol. The van der Waals surface area contributed by atoms with Crippen LogP contribution < -0.4 is 5.32 Å². The van der Waals surface area contributed by atoms with E-state index >= 15 is 0 Å². The van der Waals surface area contributed by atoms with E-state index in [1.807, 2.05) is 54.8 Å². The van der Waals surface area contributed by atoms with Crippen LogP contribution in [0.1, 0.15) is 28.8 Å². The van der Waals surface area contributed by atoms with Crippen LogP contribution in [0.2, 0.25) is 0 Å². The Bertz CT molecular complexity index is 922. The molecule has 0 saturated carbocycles. The Morgan fingerprint density at radius 3 is 2.85 bits per heavy atom. The van der Waals surface area contributed by atoms with Crippen molar-refractivity contribution < 1.29 is 4.79 Å². The molecule has 0 bridgehead atoms. The topological polar surface area (TPSA) is 72.7 Å². The van der Waals surface area contributed by atoms with Crippen LogP contribution in [0.4, 0.5) is 0 Å². The SMILES string of the molecule is CCn1cnnc1CCNC(=O)c1ccc(-c2cccc(Br)c2)nc1C. The van der Waals surface area contributed by atoms with E-state index in [1.54, 1.807) is 6.33 Å². The normalized spacial score (nSPS) is 10.7. The molecule has 6 nitrogen and oxygen atoms in total. The molecule has 26 heavy (non-hydrogen) atoms. The molecule has 1 aromatic carbocycles. The third-order valence-electron chi connectivity index (χ3n) is 4.12. The summed E-state index contributed by atoms with van der Waals surface area (Å²) in [6.07, 6.45) is 2.34. The van der Waals surface area contributed by atoms with E-state index in [4.69, 9.17) is 0 Å². The second-order valence-electron chi connectivity index (χ2n) is 5.88. The largest absolute Gasteiger partial charge is 0.352 e. The van der Waals surface area contributed by atoms with Gasteiger partial charge in [-0.2, -0.15) is 0 Å². The lowest BCUT2D eigenvalue weighted by molar-refractivity contribution is 0.0953. The number of pyridine rings is 1. The van der Waals surface area contributed by atoms with Crippen molar-refractivity contribution in [2.75, 3.05) is 6.54 Å². The summed E-state index contributed by atoms with van der Waals surface area (Å²) < 4.78 is 2.96. The number of aromatic nitrogens is 4. The minimum atomic E-state index is -0.127. The van der Waals surface area contributed by atoms with Crippen molar-refractivity contribution in [1.82, 2.24) is 25.1 Å². The van der Waals surface area contributed by atoms with Gasteiger partial charge >= 0.3 is 0 Å². The maximum Gasteiger partial charge on any atom is 0.253 e. The van der Waals surface area contributed by atoms with Crippen LogP contribution in [-0.4, -0.2) is 32.2 Å². The molecule has 1 amide bonds. The molecule has 0 radical (unpaired) electrons. The average Bonchev–Trinajstić information content (AvgIpc) is 3.09. The molecule has 3 rings (SSSR count). The van der Waals surface area contributed by atoms with Crippen LogP contribution in [0.3, 0.4) is 0 Å². The molecule has 2 heterocycles. The van der Waals surface area contributed by atoms with Gasteiger partial charge in [0.1, 0.15) is 12.2 Å². The van der Waals surface area contributed by atoms with Gasteiger partial charge < -0.3 is 9.88 Å². The zero-order valence-corrected chi connectivity index (χ0v) is 16.3. The first-order valence-electron chi connectivity index (χ1n) is 8.47. The Kier molecular flexibility index (Phi) is 5.78. The lowest BCUT2D eigenvalue weighted by Gasteiger charge is -2.09. The monoisotopic (exact) mass is 413 g/mol. The minimum absolute atomic E-state index is 0.127. The highest BCUT2D eigenvalue weighted by atomic mass is 79.9. The van der Waals surface area contributed by atoms with Crippen molar-refractivity contribution in [3.05, 3.63) is 64.3 Å². The summed E-state index contributed by atoms with van der Waals surface area (Å²) in [5.41, 5.74) is 3.14. The Hall–Kier alpha value is -2.54. The molecule has 2 aromatic heterocycles. The third kappa shape index (κ3) is 4.16. The zero-order chi connectivity index (χ0) is 18.5. The van der Waals surface area contributed by atoms with E-state index < -0.39 is 0 Å². The first-order valence-corrected chi connectivity index (χ1v) is 9.26. The van der Waals surface area contributed by atoms with Gasteiger partial charge in [-0.25, -0.2) is 0 Å². The molecular weight excluding hydrogens is 394 g/mol. The van der Waals surface area contributed by atoms with Crippen molar-refractivity contribution in [1.29, 1.82) is 0 Å². The van der Waals surface area contributed by atoms with E-state index in [-0.39, 0.29) is 5.91 Å².